The Labute approximate surface area is 106 Å². The number of rotatable bonds is 2. The first-order chi connectivity index (χ1) is 8.24. The van der Waals surface area contributed by atoms with Gasteiger partial charge in [-0.05, 0) is 49.3 Å². The normalized spacial score (nSPS) is 14.0. The van der Waals surface area contributed by atoms with E-state index in [0.717, 1.165) is 29.9 Å². The van der Waals surface area contributed by atoms with Crippen molar-refractivity contribution >= 4 is 28.7 Å². The van der Waals surface area contributed by atoms with E-state index in [4.69, 9.17) is 18.0 Å². The summed E-state index contributed by atoms with van der Waals surface area (Å²) in [5, 5.41) is 6.81. The highest BCUT2D eigenvalue weighted by atomic mass is 32.1. The summed E-state index contributed by atoms with van der Waals surface area (Å²) in [6, 6.07) is 7.50. The molecule has 0 heterocycles. The predicted octanol–water partition coefficient (Wildman–Crippen LogP) is 2.79. The quantitative estimate of drug-likeness (QED) is 0.554. The van der Waals surface area contributed by atoms with Crippen LogP contribution in [0.1, 0.15) is 12.8 Å². The minimum atomic E-state index is 0.577. The van der Waals surface area contributed by atoms with Crippen LogP contribution >= 0.6 is 12.2 Å². The third-order valence-corrected chi connectivity index (χ3v) is 2.60. The van der Waals surface area contributed by atoms with Gasteiger partial charge in [0.2, 0.25) is 0 Å². The van der Waals surface area contributed by atoms with Gasteiger partial charge in [0.25, 0.3) is 0 Å². The highest BCUT2D eigenvalue weighted by Crippen LogP contribution is 2.12. The van der Waals surface area contributed by atoms with Gasteiger partial charge < -0.3 is 16.4 Å². The van der Waals surface area contributed by atoms with Gasteiger partial charge >= 0.3 is 0 Å². The van der Waals surface area contributed by atoms with Crippen molar-refractivity contribution in [1.29, 1.82) is 0 Å². The molecule has 0 spiro atoms. The molecule has 4 heteroatoms. The Morgan fingerprint density at radius 2 is 2.12 bits per heavy atom. The van der Waals surface area contributed by atoms with E-state index in [1.54, 1.807) is 0 Å². The van der Waals surface area contributed by atoms with Crippen LogP contribution < -0.4 is 16.4 Å². The second kappa shape index (κ2) is 5.50. The molecule has 0 atom stereocenters. The molecule has 0 aromatic heterocycles. The van der Waals surface area contributed by atoms with Crippen LogP contribution in [0.2, 0.25) is 0 Å². The SMILES string of the molecule is Nc1cccc(NC(=S)NC2=CCCC=C2)c1. The van der Waals surface area contributed by atoms with Gasteiger partial charge in [0.1, 0.15) is 0 Å². The molecule has 0 saturated carbocycles. The van der Waals surface area contributed by atoms with Crippen molar-refractivity contribution in [1.82, 2.24) is 5.32 Å². The summed E-state index contributed by atoms with van der Waals surface area (Å²) in [6.07, 6.45) is 8.45. The highest BCUT2D eigenvalue weighted by molar-refractivity contribution is 7.80. The molecule has 0 saturated heterocycles. The van der Waals surface area contributed by atoms with Crippen molar-refractivity contribution < 1.29 is 0 Å². The third-order valence-electron chi connectivity index (χ3n) is 2.40. The smallest absolute Gasteiger partial charge is 0.175 e. The van der Waals surface area contributed by atoms with Crippen LogP contribution in [0.5, 0.6) is 0 Å². The monoisotopic (exact) mass is 245 g/mol. The molecule has 1 aromatic carbocycles. The zero-order valence-corrected chi connectivity index (χ0v) is 10.3. The van der Waals surface area contributed by atoms with Gasteiger partial charge in [-0.25, -0.2) is 0 Å². The van der Waals surface area contributed by atoms with E-state index in [1.165, 1.54) is 0 Å². The first-order valence-electron chi connectivity index (χ1n) is 5.54. The van der Waals surface area contributed by atoms with E-state index < -0.39 is 0 Å². The van der Waals surface area contributed by atoms with E-state index in [0.29, 0.717) is 5.11 Å². The Kier molecular flexibility index (Phi) is 3.77. The fourth-order valence-corrected chi connectivity index (χ4v) is 1.85. The van der Waals surface area contributed by atoms with Crippen molar-refractivity contribution in [2.24, 2.45) is 0 Å². The molecule has 0 bridgehead atoms. The fourth-order valence-electron chi connectivity index (χ4n) is 1.62. The first-order valence-corrected chi connectivity index (χ1v) is 5.95. The minimum absolute atomic E-state index is 0.577. The number of nitrogens with one attached hydrogen (secondary N) is 2. The van der Waals surface area contributed by atoms with Crippen molar-refractivity contribution in [2.75, 3.05) is 11.1 Å². The second-order valence-corrected chi connectivity index (χ2v) is 4.25. The maximum absolute atomic E-state index is 5.69. The van der Waals surface area contributed by atoms with Crippen molar-refractivity contribution in [3.63, 3.8) is 0 Å². The molecule has 0 aliphatic heterocycles. The van der Waals surface area contributed by atoms with Crippen LogP contribution in [0, 0.1) is 0 Å². The Balaban J connectivity index is 1.93. The molecule has 0 unspecified atom stereocenters. The molecule has 1 aliphatic rings. The summed E-state index contributed by atoms with van der Waals surface area (Å²) in [7, 11) is 0. The van der Waals surface area contributed by atoms with Gasteiger partial charge in [-0.1, -0.05) is 18.2 Å². The molecule has 88 valence electrons. The summed E-state index contributed by atoms with van der Waals surface area (Å²) in [6.45, 7) is 0. The maximum atomic E-state index is 5.69. The van der Waals surface area contributed by atoms with Crippen molar-refractivity contribution in [3.8, 4) is 0 Å². The number of nitrogen functional groups attached to an aromatic ring is 1. The van der Waals surface area contributed by atoms with Crippen molar-refractivity contribution in [3.05, 3.63) is 48.2 Å². The van der Waals surface area contributed by atoms with Gasteiger partial charge in [-0.3, -0.25) is 0 Å². The molecule has 2 rings (SSSR count). The van der Waals surface area contributed by atoms with Crippen LogP contribution in [-0.4, -0.2) is 5.11 Å². The number of benzene rings is 1. The largest absolute Gasteiger partial charge is 0.399 e. The van der Waals surface area contributed by atoms with Crippen LogP contribution in [0.3, 0.4) is 0 Å². The first kappa shape index (κ1) is 11.7. The topological polar surface area (TPSA) is 50.1 Å². The number of hydrogen-bond donors (Lipinski definition) is 3. The van der Waals surface area contributed by atoms with E-state index in [1.807, 2.05) is 30.3 Å². The average Bonchev–Trinajstić information content (AvgIpc) is 2.30. The fraction of sp³-hybridized carbons (Fsp3) is 0.154. The molecular weight excluding hydrogens is 230 g/mol. The predicted molar refractivity (Wildman–Crippen MR) is 76.7 cm³/mol. The Morgan fingerprint density at radius 1 is 1.24 bits per heavy atom. The highest BCUT2D eigenvalue weighted by Gasteiger charge is 2.01. The molecule has 3 nitrogen and oxygen atoms in total. The molecular formula is C13H15N3S. The lowest BCUT2D eigenvalue weighted by molar-refractivity contribution is 0.987. The summed E-state index contributed by atoms with van der Waals surface area (Å²) >= 11 is 5.22. The number of anilines is 2. The third kappa shape index (κ3) is 3.60. The van der Waals surface area contributed by atoms with Gasteiger partial charge in [0, 0.05) is 17.1 Å². The van der Waals surface area contributed by atoms with Crippen LogP contribution in [-0.2, 0) is 0 Å². The van der Waals surface area contributed by atoms with Crippen molar-refractivity contribution in [2.45, 2.75) is 12.8 Å². The van der Waals surface area contributed by atoms with Crippen LogP contribution in [0.4, 0.5) is 11.4 Å². The zero-order chi connectivity index (χ0) is 12.1. The van der Waals surface area contributed by atoms with Gasteiger partial charge in [0.05, 0.1) is 0 Å². The van der Waals surface area contributed by atoms with E-state index in [-0.39, 0.29) is 0 Å². The maximum Gasteiger partial charge on any atom is 0.175 e. The summed E-state index contributed by atoms with van der Waals surface area (Å²) in [5.74, 6) is 0. The molecule has 1 aromatic rings. The van der Waals surface area contributed by atoms with Crippen LogP contribution in [0.15, 0.2) is 48.2 Å². The molecule has 0 radical (unpaired) electrons. The Hall–Kier alpha value is -1.81. The standard InChI is InChI=1S/C13H15N3S/c14-10-5-4-8-12(9-10)16-13(17)15-11-6-2-1-3-7-11/h2,4-9H,1,3,14H2,(H2,15,16,17). The summed E-state index contributed by atoms with van der Waals surface area (Å²) < 4.78 is 0. The van der Waals surface area contributed by atoms with Gasteiger partial charge in [0.15, 0.2) is 5.11 Å². The number of thiocarbonyl (C=S) groups is 1. The number of hydrogen-bond acceptors (Lipinski definition) is 2. The molecule has 4 N–H and O–H groups in total. The molecule has 1 aliphatic carbocycles. The lowest BCUT2D eigenvalue weighted by Crippen LogP contribution is -2.27. The lowest BCUT2D eigenvalue weighted by atomic mass is 10.1. The number of nitrogens with two attached hydrogens (primary N) is 1. The average molecular weight is 245 g/mol. The van der Waals surface area contributed by atoms with Gasteiger partial charge in [-0.15, -0.1) is 0 Å². The van der Waals surface area contributed by atoms with E-state index >= 15 is 0 Å². The molecule has 0 amide bonds. The lowest BCUT2D eigenvalue weighted by Gasteiger charge is -2.13. The Morgan fingerprint density at radius 3 is 2.82 bits per heavy atom. The van der Waals surface area contributed by atoms with Gasteiger partial charge in [-0.2, -0.15) is 0 Å². The molecule has 17 heavy (non-hydrogen) atoms. The zero-order valence-electron chi connectivity index (χ0n) is 9.44. The second-order valence-electron chi connectivity index (χ2n) is 3.84. The Bertz CT molecular complexity index is 477. The van der Waals surface area contributed by atoms with E-state index in [2.05, 4.69) is 22.8 Å². The van der Waals surface area contributed by atoms with E-state index in [9.17, 15) is 0 Å². The summed E-state index contributed by atoms with van der Waals surface area (Å²) in [5.41, 5.74) is 8.34. The van der Waals surface area contributed by atoms with Crippen LogP contribution in [0.25, 0.3) is 0 Å². The number of allylic oxidation sites excluding steroid dienone is 3. The minimum Gasteiger partial charge on any atom is -0.399 e. The molecule has 0 fully saturated rings. The summed E-state index contributed by atoms with van der Waals surface area (Å²) in [4.78, 5) is 0.